The van der Waals surface area contributed by atoms with Gasteiger partial charge >= 0.3 is 0 Å². The first-order valence-corrected chi connectivity index (χ1v) is 8.35. The summed E-state index contributed by atoms with van der Waals surface area (Å²) < 4.78 is 5.71. The molecule has 1 fully saturated rings. The van der Waals surface area contributed by atoms with Gasteiger partial charge in [0.25, 0.3) is 0 Å². The van der Waals surface area contributed by atoms with E-state index in [1.54, 1.807) is 0 Å². The topological polar surface area (TPSA) is 21.3 Å². The van der Waals surface area contributed by atoms with Gasteiger partial charge < -0.3 is 10.1 Å². The fraction of sp³-hybridized carbons (Fsp3) is 0.579. The molecule has 1 saturated carbocycles. The van der Waals surface area contributed by atoms with E-state index in [0.29, 0.717) is 5.92 Å². The van der Waals surface area contributed by atoms with Gasteiger partial charge in [-0.1, -0.05) is 51.0 Å². The molecule has 2 nitrogen and oxygen atoms in total. The van der Waals surface area contributed by atoms with Crippen LogP contribution in [0.25, 0.3) is 6.08 Å². The Hall–Kier alpha value is -1.28. The van der Waals surface area contributed by atoms with Crippen molar-refractivity contribution in [3.05, 3.63) is 35.4 Å². The number of benzene rings is 1. The third kappa shape index (κ3) is 5.92. The van der Waals surface area contributed by atoms with Gasteiger partial charge in [0.15, 0.2) is 0 Å². The van der Waals surface area contributed by atoms with Crippen LogP contribution in [0.3, 0.4) is 0 Å². The van der Waals surface area contributed by atoms with E-state index in [9.17, 15) is 0 Å². The Morgan fingerprint density at radius 2 is 2.00 bits per heavy atom. The summed E-state index contributed by atoms with van der Waals surface area (Å²) in [4.78, 5) is 0. The molecule has 2 heteroatoms. The molecule has 0 amide bonds. The summed E-state index contributed by atoms with van der Waals surface area (Å²) in [6.45, 7) is 8.54. The average Bonchev–Trinajstić information content (AvgIpc) is 3.29. The molecule has 0 bridgehead atoms. The predicted molar refractivity (Wildman–Crippen MR) is 90.7 cm³/mol. The highest BCUT2D eigenvalue weighted by Gasteiger charge is 2.20. The second-order valence-electron chi connectivity index (χ2n) is 6.30. The SMILES string of the molecule is CCCCOc1ccc(C=C(CNC2CC2)C(C)C)cc1. The van der Waals surface area contributed by atoms with E-state index >= 15 is 0 Å². The standard InChI is InChI=1S/C19H29NO/c1-4-5-12-21-19-10-6-16(7-11-19)13-17(15(2)3)14-20-18-8-9-18/h6-7,10-11,13,15,18,20H,4-5,8-9,12,14H2,1-3H3. The van der Waals surface area contributed by atoms with Gasteiger partial charge in [-0.2, -0.15) is 0 Å². The Morgan fingerprint density at radius 1 is 1.29 bits per heavy atom. The summed E-state index contributed by atoms with van der Waals surface area (Å²) in [6.07, 6.45) is 7.29. The van der Waals surface area contributed by atoms with E-state index in [2.05, 4.69) is 56.4 Å². The summed E-state index contributed by atoms with van der Waals surface area (Å²) in [5.74, 6) is 1.56. The molecular weight excluding hydrogens is 258 g/mol. The molecule has 2 rings (SSSR count). The Bertz CT molecular complexity index is 443. The maximum atomic E-state index is 5.71. The van der Waals surface area contributed by atoms with Gasteiger partial charge in [-0.3, -0.25) is 0 Å². The van der Waals surface area contributed by atoms with Gasteiger partial charge in [-0.25, -0.2) is 0 Å². The molecule has 21 heavy (non-hydrogen) atoms. The van der Waals surface area contributed by atoms with Crippen LogP contribution in [0.5, 0.6) is 5.75 Å². The number of unbranched alkanes of at least 4 members (excludes halogenated alkanes) is 1. The highest BCUT2D eigenvalue weighted by Crippen LogP contribution is 2.21. The van der Waals surface area contributed by atoms with Crippen molar-refractivity contribution >= 4 is 6.08 Å². The largest absolute Gasteiger partial charge is 0.494 e. The van der Waals surface area contributed by atoms with E-state index in [-0.39, 0.29) is 0 Å². The molecule has 1 aliphatic carbocycles. The highest BCUT2D eigenvalue weighted by atomic mass is 16.5. The Kier molecular flexibility index (Phi) is 6.31. The summed E-state index contributed by atoms with van der Waals surface area (Å²) in [6, 6.07) is 9.23. The molecule has 1 N–H and O–H groups in total. The molecule has 0 heterocycles. The molecule has 116 valence electrons. The zero-order valence-electron chi connectivity index (χ0n) is 13.7. The van der Waals surface area contributed by atoms with Crippen molar-refractivity contribution in [2.75, 3.05) is 13.2 Å². The third-order valence-corrected chi connectivity index (χ3v) is 3.91. The van der Waals surface area contributed by atoms with Gasteiger partial charge in [-0.15, -0.1) is 0 Å². The maximum Gasteiger partial charge on any atom is 0.119 e. The van der Waals surface area contributed by atoms with Crippen LogP contribution in [0.1, 0.15) is 52.0 Å². The first-order chi connectivity index (χ1) is 10.2. The van der Waals surface area contributed by atoms with Gasteiger partial charge in [0.05, 0.1) is 6.61 Å². The van der Waals surface area contributed by atoms with Crippen molar-refractivity contribution < 1.29 is 4.74 Å². The van der Waals surface area contributed by atoms with Crippen LogP contribution in [0.2, 0.25) is 0 Å². The van der Waals surface area contributed by atoms with Crippen molar-refractivity contribution in [3.63, 3.8) is 0 Å². The van der Waals surface area contributed by atoms with Crippen molar-refractivity contribution in [2.24, 2.45) is 5.92 Å². The molecule has 0 spiro atoms. The second-order valence-corrected chi connectivity index (χ2v) is 6.30. The van der Waals surface area contributed by atoms with Crippen molar-refractivity contribution in [2.45, 2.75) is 52.5 Å². The van der Waals surface area contributed by atoms with Gasteiger partial charge in [0.1, 0.15) is 5.75 Å². The van der Waals surface area contributed by atoms with Crippen LogP contribution in [0.4, 0.5) is 0 Å². The first-order valence-electron chi connectivity index (χ1n) is 8.35. The molecule has 0 unspecified atom stereocenters. The minimum atomic E-state index is 0.580. The van der Waals surface area contributed by atoms with Crippen molar-refractivity contribution in [3.8, 4) is 5.75 Å². The average molecular weight is 287 g/mol. The molecule has 0 saturated heterocycles. The molecular formula is C19H29NO. The highest BCUT2D eigenvalue weighted by molar-refractivity contribution is 5.54. The summed E-state index contributed by atoms with van der Waals surface area (Å²) in [5, 5.41) is 3.61. The Balaban J connectivity index is 1.92. The lowest BCUT2D eigenvalue weighted by Gasteiger charge is -2.13. The van der Waals surface area contributed by atoms with Gasteiger partial charge in [0, 0.05) is 12.6 Å². The van der Waals surface area contributed by atoms with Crippen LogP contribution in [0, 0.1) is 5.92 Å². The smallest absolute Gasteiger partial charge is 0.119 e. The predicted octanol–water partition coefficient (Wildman–Crippen LogP) is 4.66. The third-order valence-electron chi connectivity index (χ3n) is 3.91. The summed E-state index contributed by atoms with van der Waals surface area (Å²) >= 11 is 0. The van der Waals surface area contributed by atoms with Crippen molar-refractivity contribution in [1.29, 1.82) is 0 Å². The van der Waals surface area contributed by atoms with Crippen LogP contribution >= 0.6 is 0 Å². The molecule has 0 aliphatic heterocycles. The monoisotopic (exact) mass is 287 g/mol. The zero-order valence-corrected chi connectivity index (χ0v) is 13.7. The number of nitrogens with one attached hydrogen (secondary N) is 1. The number of ether oxygens (including phenoxy) is 1. The lowest BCUT2D eigenvalue weighted by atomic mass is 10.00. The van der Waals surface area contributed by atoms with Crippen LogP contribution in [0.15, 0.2) is 29.8 Å². The summed E-state index contributed by atoms with van der Waals surface area (Å²) in [7, 11) is 0. The van der Waals surface area contributed by atoms with Crippen molar-refractivity contribution in [1.82, 2.24) is 5.32 Å². The van der Waals surface area contributed by atoms with E-state index in [0.717, 1.165) is 31.4 Å². The number of rotatable bonds is 9. The van der Waals surface area contributed by atoms with E-state index < -0.39 is 0 Å². The number of hydrogen-bond donors (Lipinski definition) is 1. The fourth-order valence-corrected chi connectivity index (χ4v) is 2.18. The van der Waals surface area contributed by atoms with Gasteiger partial charge in [0.2, 0.25) is 0 Å². The fourth-order valence-electron chi connectivity index (χ4n) is 2.18. The normalized spacial score (nSPS) is 15.5. The second kappa shape index (κ2) is 8.23. The minimum Gasteiger partial charge on any atom is -0.494 e. The van der Waals surface area contributed by atoms with E-state index in [1.165, 1.54) is 30.4 Å². The minimum absolute atomic E-state index is 0.580. The summed E-state index contributed by atoms with van der Waals surface area (Å²) in [5.41, 5.74) is 2.74. The van der Waals surface area contributed by atoms with Crippen LogP contribution in [-0.4, -0.2) is 19.2 Å². The van der Waals surface area contributed by atoms with Crippen LogP contribution in [-0.2, 0) is 0 Å². The Labute approximate surface area is 129 Å². The lowest BCUT2D eigenvalue weighted by molar-refractivity contribution is 0.309. The van der Waals surface area contributed by atoms with E-state index in [4.69, 9.17) is 4.74 Å². The molecule has 1 aromatic carbocycles. The molecule has 1 aliphatic rings. The van der Waals surface area contributed by atoms with E-state index in [1.807, 2.05) is 0 Å². The molecule has 0 radical (unpaired) electrons. The van der Waals surface area contributed by atoms with Crippen LogP contribution < -0.4 is 10.1 Å². The first kappa shape index (κ1) is 16.1. The quantitative estimate of drug-likeness (QED) is 0.667. The zero-order chi connectivity index (χ0) is 15.1. The maximum absolute atomic E-state index is 5.71. The van der Waals surface area contributed by atoms with Gasteiger partial charge in [-0.05, 0) is 42.9 Å². The molecule has 0 atom stereocenters. The number of hydrogen-bond acceptors (Lipinski definition) is 2. The Morgan fingerprint density at radius 3 is 2.57 bits per heavy atom. The lowest BCUT2D eigenvalue weighted by Crippen LogP contribution is -2.21. The molecule has 1 aromatic rings. The molecule has 0 aromatic heterocycles.